The summed E-state index contributed by atoms with van der Waals surface area (Å²) in [5.74, 6) is -0.604. The molecule has 0 N–H and O–H groups in total. The van der Waals surface area contributed by atoms with Crippen LogP contribution < -0.4 is 4.74 Å². The molecule has 0 atom stereocenters. The summed E-state index contributed by atoms with van der Waals surface area (Å²) in [5.41, 5.74) is 0.891. The molecule has 2 aromatic carbocycles. The number of rotatable bonds is 4. The molecule has 0 unspecified atom stereocenters. The van der Waals surface area contributed by atoms with Gasteiger partial charge >= 0.3 is 0 Å². The maximum atomic E-state index is 13.3. The fraction of sp³-hybridized carbons (Fsp3) is 0.0769. The molecule has 0 heterocycles. The van der Waals surface area contributed by atoms with Gasteiger partial charge in [0.1, 0.15) is 18.2 Å². The predicted octanol–water partition coefficient (Wildman–Crippen LogP) is 3.33. The van der Waals surface area contributed by atoms with E-state index < -0.39 is 14.9 Å². The lowest BCUT2D eigenvalue weighted by Gasteiger charge is -2.07. The van der Waals surface area contributed by atoms with Gasteiger partial charge in [-0.3, -0.25) is 0 Å². The summed E-state index contributed by atoms with van der Waals surface area (Å²) in [6.07, 6.45) is 0. The van der Waals surface area contributed by atoms with Crippen LogP contribution in [0.3, 0.4) is 0 Å². The van der Waals surface area contributed by atoms with Gasteiger partial charge in [-0.05, 0) is 11.6 Å². The van der Waals surface area contributed by atoms with Gasteiger partial charge in [0.25, 0.3) is 9.05 Å². The molecule has 0 spiro atoms. The minimum Gasteiger partial charge on any atom is -0.489 e. The Bertz CT molecular complexity index is 672. The number of hydrogen-bond donors (Lipinski definition) is 0. The smallest absolute Gasteiger partial charge is 0.261 e. The molecule has 0 aromatic heterocycles. The SMILES string of the molecule is O=S(=O)(Cl)c1cc(F)cc(OCc2ccccc2)c1. The van der Waals surface area contributed by atoms with E-state index in [2.05, 4.69) is 0 Å². The highest BCUT2D eigenvalue weighted by molar-refractivity contribution is 8.13. The van der Waals surface area contributed by atoms with Crippen LogP contribution in [-0.2, 0) is 15.7 Å². The molecule has 0 aliphatic heterocycles. The summed E-state index contributed by atoms with van der Waals surface area (Å²) in [7, 11) is 1.19. The zero-order valence-electron chi connectivity index (χ0n) is 9.71. The minimum absolute atomic E-state index is 0.114. The van der Waals surface area contributed by atoms with Crippen molar-refractivity contribution in [3.05, 3.63) is 59.9 Å². The standard InChI is InChI=1S/C13H10ClFO3S/c14-19(16,17)13-7-11(15)6-12(8-13)18-9-10-4-2-1-3-5-10/h1-8H,9H2. The summed E-state index contributed by atoms with van der Waals surface area (Å²) in [4.78, 5) is -0.322. The largest absolute Gasteiger partial charge is 0.489 e. The van der Waals surface area contributed by atoms with Gasteiger partial charge in [0.15, 0.2) is 0 Å². The first-order chi connectivity index (χ1) is 8.95. The average molecular weight is 301 g/mol. The van der Waals surface area contributed by atoms with Crippen molar-refractivity contribution >= 4 is 19.7 Å². The van der Waals surface area contributed by atoms with Crippen molar-refractivity contribution in [1.82, 2.24) is 0 Å². The van der Waals surface area contributed by atoms with E-state index in [1.165, 1.54) is 6.07 Å². The second kappa shape index (κ2) is 5.59. The van der Waals surface area contributed by atoms with Crippen LogP contribution in [0.25, 0.3) is 0 Å². The molecule has 2 aromatic rings. The number of benzene rings is 2. The second-order valence-corrected chi connectivity index (χ2v) is 6.40. The fourth-order valence-electron chi connectivity index (χ4n) is 1.50. The molecule has 0 fully saturated rings. The highest BCUT2D eigenvalue weighted by Crippen LogP contribution is 2.23. The van der Waals surface area contributed by atoms with Crippen LogP contribution in [0.1, 0.15) is 5.56 Å². The van der Waals surface area contributed by atoms with E-state index in [1.807, 2.05) is 30.3 Å². The van der Waals surface area contributed by atoms with Crippen LogP contribution in [0.4, 0.5) is 4.39 Å². The first kappa shape index (κ1) is 13.8. The van der Waals surface area contributed by atoms with E-state index in [0.29, 0.717) is 0 Å². The molecule has 0 radical (unpaired) electrons. The lowest BCUT2D eigenvalue weighted by atomic mass is 10.2. The highest BCUT2D eigenvalue weighted by atomic mass is 35.7. The van der Waals surface area contributed by atoms with E-state index in [1.54, 1.807) is 0 Å². The summed E-state index contributed by atoms with van der Waals surface area (Å²) in [6, 6.07) is 12.4. The third-order valence-corrected chi connectivity index (χ3v) is 3.71. The van der Waals surface area contributed by atoms with E-state index in [4.69, 9.17) is 15.4 Å². The van der Waals surface area contributed by atoms with Gasteiger partial charge in [0.05, 0.1) is 4.90 Å². The summed E-state index contributed by atoms with van der Waals surface area (Å²) in [6.45, 7) is 0.214. The Morgan fingerprint density at radius 2 is 1.79 bits per heavy atom. The summed E-state index contributed by atoms with van der Waals surface area (Å²) in [5, 5.41) is 0. The molecule has 19 heavy (non-hydrogen) atoms. The lowest BCUT2D eigenvalue weighted by molar-refractivity contribution is 0.303. The second-order valence-electron chi connectivity index (χ2n) is 3.83. The van der Waals surface area contributed by atoms with Gasteiger partial charge in [0.2, 0.25) is 0 Å². The van der Waals surface area contributed by atoms with Gasteiger partial charge in [0, 0.05) is 22.8 Å². The lowest BCUT2D eigenvalue weighted by Crippen LogP contribution is -1.98. The molecule has 6 heteroatoms. The monoisotopic (exact) mass is 300 g/mol. The fourth-order valence-corrected chi connectivity index (χ4v) is 2.28. The topological polar surface area (TPSA) is 43.4 Å². The highest BCUT2D eigenvalue weighted by Gasteiger charge is 2.13. The maximum absolute atomic E-state index is 13.3. The van der Waals surface area contributed by atoms with Crippen molar-refractivity contribution in [1.29, 1.82) is 0 Å². The molecule has 3 nitrogen and oxygen atoms in total. The third-order valence-electron chi connectivity index (χ3n) is 2.37. The molecule has 0 amide bonds. The first-order valence-corrected chi connectivity index (χ1v) is 7.68. The van der Waals surface area contributed by atoms with Crippen molar-refractivity contribution < 1.29 is 17.5 Å². The van der Waals surface area contributed by atoms with Gasteiger partial charge in [-0.25, -0.2) is 12.8 Å². The predicted molar refractivity (Wildman–Crippen MR) is 70.2 cm³/mol. The summed E-state index contributed by atoms with van der Waals surface area (Å²) < 4.78 is 40.9. The quantitative estimate of drug-likeness (QED) is 0.814. The molecule has 100 valence electrons. The minimum atomic E-state index is -3.98. The zero-order valence-corrected chi connectivity index (χ0v) is 11.3. The Hall–Kier alpha value is -1.59. The van der Waals surface area contributed by atoms with Crippen LogP contribution in [0, 0.1) is 5.82 Å². The van der Waals surface area contributed by atoms with E-state index in [9.17, 15) is 12.8 Å². The third kappa shape index (κ3) is 3.94. The van der Waals surface area contributed by atoms with Crippen LogP contribution in [0.2, 0.25) is 0 Å². The maximum Gasteiger partial charge on any atom is 0.261 e. The van der Waals surface area contributed by atoms with Gasteiger partial charge in [-0.15, -0.1) is 0 Å². The normalized spacial score (nSPS) is 11.3. The molecule has 0 aliphatic carbocycles. The number of hydrogen-bond acceptors (Lipinski definition) is 3. The molecule has 2 rings (SSSR count). The zero-order chi connectivity index (χ0) is 13.9. The Morgan fingerprint density at radius 1 is 1.11 bits per heavy atom. The van der Waals surface area contributed by atoms with Crippen molar-refractivity contribution in [3.8, 4) is 5.75 Å². The van der Waals surface area contributed by atoms with Crippen molar-refractivity contribution in [2.75, 3.05) is 0 Å². The Balaban J connectivity index is 2.19. The molecular formula is C13H10ClFO3S. The van der Waals surface area contributed by atoms with E-state index >= 15 is 0 Å². The summed E-state index contributed by atoms with van der Waals surface area (Å²) >= 11 is 0. The van der Waals surface area contributed by atoms with Crippen molar-refractivity contribution in [2.45, 2.75) is 11.5 Å². The molecule has 0 bridgehead atoms. The van der Waals surface area contributed by atoms with Crippen molar-refractivity contribution in [3.63, 3.8) is 0 Å². The Morgan fingerprint density at radius 3 is 2.42 bits per heavy atom. The average Bonchev–Trinajstić information content (AvgIpc) is 2.36. The molecular weight excluding hydrogens is 291 g/mol. The van der Waals surface area contributed by atoms with Crippen LogP contribution in [0.15, 0.2) is 53.4 Å². The van der Waals surface area contributed by atoms with E-state index in [0.717, 1.165) is 17.7 Å². The molecule has 0 aliphatic rings. The van der Waals surface area contributed by atoms with Gasteiger partial charge in [-0.2, -0.15) is 0 Å². The van der Waals surface area contributed by atoms with Gasteiger partial charge in [-0.1, -0.05) is 30.3 Å². The molecule has 0 saturated heterocycles. The first-order valence-electron chi connectivity index (χ1n) is 5.37. The Labute approximate surface area is 115 Å². The van der Waals surface area contributed by atoms with E-state index in [-0.39, 0.29) is 17.3 Å². The van der Waals surface area contributed by atoms with Crippen LogP contribution in [-0.4, -0.2) is 8.42 Å². The Kier molecular flexibility index (Phi) is 4.07. The number of ether oxygens (including phenoxy) is 1. The molecule has 0 saturated carbocycles. The number of halogens is 2. The van der Waals surface area contributed by atoms with Crippen LogP contribution in [0.5, 0.6) is 5.75 Å². The van der Waals surface area contributed by atoms with Gasteiger partial charge < -0.3 is 4.74 Å². The van der Waals surface area contributed by atoms with Crippen molar-refractivity contribution in [2.24, 2.45) is 0 Å². The van der Waals surface area contributed by atoms with Crippen LogP contribution >= 0.6 is 10.7 Å².